The Morgan fingerprint density at radius 3 is 2.45 bits per heavy atom. The van der Waals surface area contributed by atoms with Crippen molar-refractivity contribution >= 4 is 11.3 Å². The van der Waals surface area contributed by atoms with Gasteiger partial charge in [-0.25, -0.2) is 4.98 Å². The van der Waals surface area contributed by atoms with Gasteiger partial charge in [-0.05, 0) is 31.5 Å². The molecule has 0 spiro atoms. The highest BCUT2D eigenvalue weighted by molar-refractivity contribution is 7.13. The average molecular weight is 346 g/mol. The number of hydrogen-bond donors (Lipinski definition) is 0. The van der Waals surface area contributed by atoms with Crippen LogP contribution in [-0.4, -0.2) is 9.97 Å². The molecule has 0 saturated heterocycles. The molecule has 0 atom stereocenters. The molecule has 0 amide bonds. The number of rotatable bonds is 2. The summed E-state index contributed by atoms with van der Waals surface area (Å²) in [7, 11) is 0. The van der Waals surface area contributed by atoms with Crippen LogP contribution in [0.2, 0.25) is 0 Å². The van der Waals surface area contributed by atoms with Crippen LogP contribution in [0.15, 0.2) is 48.1 Å². The Hall–Kier alpha value is -1.52. The molecule has 4 heteroatoms. The van der Waals surface area contributed by atoms with Gasteiger partial charge in [0, 0.05) is 28.9 Å². The number of benzene rings is 1. The van der Waals surface area contributed by atoms with E-state index in [0.29, 0.717) is 0 Å². The van der Waals surface area contributed by atoms with E-state index in [9.17, 15) is 0 Å². The predicted octanol–water partition coefficient (Wildman–Crippen LogP) is 1.49. The first-order valence-electron chi connectivity index (χ1n) is 6.17. The Labute approximate surface area is 133 Å². The average Bonchev–Trinajstić information content (AvgIpc) is 2.89. The van der Waals surface area contributed by atoms with E-state index in [2.05, 4.69) is 42.4 Å². The second-order valence-electron chi connectivity index (χ2n) is 4.59. The summed E-state index contributed by atoms with van der Waals surface area (Å²) in [5.41, 5.74) is 5.94. The van der Waals surface area contributed by atoms with E-state index in [4.69, 9.17) is 4.98 Å². The fraction of sp³-hybridized carbons (Fsp3) is 0.125. The van der Waals surface area contributed by atoms with Gasteiger partial charge in [-0.2, -0.15) is 0 Å². The molecule has 102 valence electrons. The van der Waals surface area contributed by atoms with Crippen LogP contribution in [0, 0.1) is 13.8 Å². The van der Waals surface area contributed by atoms with Crippen LogP contribution in [0.4, 0.5) is 0 Å². The number of aromatic nitrogens is 2. The SMILES string of the molecule is Cc1ccc(-c2csc(-c3ccncc3)n2)c(C)c1.[Br-]. The van der Waals surface area contributed by atoms with Crippen molar-refractivity contribution in [3.05, 3.63) is 59.2 Å². The van der Waals surface area contributed by atoms with Gasteiger partial charge in [-0.15, -0.1) is 11.3 Å². The highest BCUT2D eigenvalue weighted by atomic mass is 79.9. The van der Waals surface area contributed by atoms with Crippen LogP contribution in [0.1, 0.15) is 11.1 Å². The molecule has 3 aromatic rings. The van der Waals surface area contributed by atoms with E-state index in [-0.39, 0.29) is 17.0 Å². The molecule has 0 unspecified atom stereocenters. The minimum atomic E-state index is 0. The van der Waals surface area contributed by atoms with Crippen LogP contribution in [-0.2, 0) is 0 Å². The summed E-state index contributed by atoms with van der Waals surface area (Å²) >= 11 is 1.67. The zero-order chi connectivity index (χ0) is 13.2. The second-order valence-corrected chi connectivity index (χ2v) is 5.45. The first kappa shape index (κ1) is 14.9. The van der Waals surface area contributed by atoms with Crippen LogP contribution in [0.25, 0.3) is 21.8 Å². The minimum Gasteiger partial charge on any atom is -1.00 e. The van der Waals surface area contributed by atoms with Gasteiger partial charge in [-0.3, -0.25) is 4.98 Å². The molecule has 20 heavy (non-hydrogen) atoms. The first-order valence-corrected chi connectivity index (χ1v) is 7.05. The summed E-state index contributed by atoms with van der Waals surface area (Å²) in [6.07, 6.45) is 3.60. The van der Waals surface area contributed by atoms with Crippen molar-refractivity contribution < 1.29 is 17.0 Å². The van der Waals surface area contributed by atoms with E-state index in [0.717, 1.165) is 16.3 Å². The van der Waals surface area contributed by atoms with Crippen molar-refractivity contribution in [3.63, 3.8) is 0 Å². The van der Waals surface area contributed by atoms with Gasteiger partial charge in [-0.1, -0.05) is 23.8 Å². The van der Waals surface area contributed by atoms with Crippen molar-refractivity contribution in [1.82, 2.24) is 9.97 Å². The molecule has 2 heterocycles. The third-order valence-electron chi connectivity index (χ3n) is 3.09. The monoisotopic (exact) mass is 345 g/mol. The van der Waals surface area contributed by atoms with Crippen molar-refractivity contribution in [2.75, 3.05) is 0 Å². The maximum atomic E-state index is 4.73. The normalized spacial score (nSPS) is 10.1. The minimum absolute atomic E-state index is 0. The van der Waals surface area contributed by atoms with Gasteiger partial charge < -0.3 is 17.0 Å². The molecule has 0 N–H and O–H groups in total. The summed E-state index contributed by atoms with van der Waals surface area (Å²) in [6.45, 7) is 4.24. The maximum Gasteiger partial charge on any atom is 0.124 e. The summed E-state index contributed by atoms with van der Waals surface area (Å²) in [5.74, 6) is 0. The van der Waals surface area contributed by atoms with Gasteiger partial charge >= 0.3 is 0 Å². The van der Waals surface area contributed by atoms with E-state index >= 15 is 0 Å². The molecule has 0 radical (unpaired) electrons. The second kappa shape index (κ2) is 6.29. The highest BCUT2D eigenvalue weighted by Crippen LogP contribution is 2.30. The molecule has 0 aliphatic carbocycles. The van der Waals surface area contributed by atoms with Crippen molar-refractivity contribution in [2.24, 2.45) is 0 Å². The number of nitrogens with zero attached hydrogens (tertiary/aromatic N) is 2. The molecule has 1 aromatic carbocycles. The number of aryl methyl sites for hydroxylation is 2. The largest absolute Gasteiger partial charge is 1.00 e. The highest BCUT2D eigenvalue weighted by Gasteiger charge is 2.08. The Morgan fingerprint density at radius 1 is 1.00 bits per heavy atom. The standard InChI is InChI=1S/C16H14N2S.BrH/c1-11-3-4-14(12(2)9-11)15-10-19-16(18-15)13-5-7-17-8-6-13;/h3-10H,1-2H3;1H/p-1. The van der Waals surface area contributed by atoms with Crippen molar-refractivity contribution in [3.8, 4) is 21.8 Å². The summed E-state index contributed by atoms with van der Waals surface area (Å²) in [5, 5.41) is 3.16. The third kappa shape index (κ3) is 2.97. The van der Waals surface area contributed by atoms with E-state index in [1.54, 1.807) is 23.7 Å². The van der Waals surface area contributed by atoms with Crippen LogP contribution < -0.4 is 17.0 Å². The summed E-state index contributed by atoms with van der Waals surface area (Å²) in [6, 6.07) is 10.5. The van der Waals surface area contributed by atoms with E-state index in [1.807, 2.05) is 12.1 Å². The quantitative estimate of drug-likeness (QED) is 0.703. The molecule has 0 aliphatic heterocycles. The molecule has 0 aliphatic rings. The molecule has 0 saturated carbocycles. The zero-order valence-electron chi connectivity index (χ0n) is 11.3. The number of hydrogen-bond acceptors (Lipinski definition) is 3. The zero-order valence-corrected chi connectivity index (χ0v) is 13.7. The Morgan fingerprint density at radius 2 is 1.75 bits per heavy atom. The Balaban J connectivity index is 0.00000147. The van der Waals surface area contributed by atoms with Crippen LogP contribution >= 0.6 is 11.3 Å². The molecule has 3 rings (SSSR count). The molecule has 0 fully saturated rings. The first-order chi connectivity index (χ1) is 9.24. The third-order valence-corrected chi connectivity index (χ3v) is 3.98. The van der Waals surface area contributed by atoms with E-state index in [1.165, 1.54) is 16.7 Å². The molecular weight excluding hydrogens is 332 g/mol. The number of pyridine rings is 1. The lowest BCUT2D eigenvalue weighted by atomic mass is 10.0. The molecule has 2 nitrogen and oxygen atoms in total. The van der Waals surface area contributed by atoms with E-state index < -0.39 is 0 Å². The lowest BCUT2D eigenvalue weighted by molar-refractivity contribution is -0.00000394. The van der Waals surface area contributed by atoms with Gasteiger partial charge in [0.05, 0.1) is 5.69 Å². The summed E-state index contributed by atoms with van der Waals surface area (Å²) in [4.78, 5) is 8.77. The lowest BCUT2D eigenvalue weighted by Crippen LogP contribution is -3.00. The fourth-order valence-corrected chi connectivity index (χ4v) is 2.95. The summed E-state index contributed by atoms with van der Waals surface area (Å²) < 4.78 is 0. The van der Waals surface area contributed by atoms with Crippen LogP contribution in [0.3, 0.4) is 0 Å². The van der Waals surface area contributed by atoms with Gasteiger partial charge in [0.1, 0.15) is 5.01 Å². The van der Waals surface area contributed by atoms with Gasteiger partial charge in [0.15, 0.2) is 0 Å². The Kier molecular flexibility index (Phi) is 4.68. The Bertz CT molecular complexity index is 708. The maximum absolute atomic E-state index is 4.73. The fourth-order valence-electron chi connectivity index (χ4n) is 2.13. The smallest absolute Gasteiger partial charge is 0.124 e. The van der Waals surface area contributed by atoms with Crippen LogP contribution in [0.5, 0.6) is 0 Å². The predicted molar refractivity (Wildman–Crippen MR) is 80.3 cm³/mol. The molecule has 0 bridgehead atoms. The molecule has 2 aromatic heterocycles. The van der Waals surface area contributed by atoms with Crippen molar-refractivity contribution in [1.29, 1.82) is 0 Å². The van der Waals surface area contributed by atoms with Gasteiger partial charge in [0.25, 0.3) is 0 Å². The van der Waals surface area contributed by atoms with Crippen molar-refractivity contribution in [2.45, 2.75) is 13.8 Å². The molecular formula is C16H14BrN2S-. The number of halogens is 1. The van der Waals surface area contributed by atoms with Gasteiger partial charge in [0.2, 0.25) is 0 Å². The topological polar surface area (TPSA) is 25.8 Å². The number of thiazole rings is 1. The lowest BCUT2D eigenvalue weighted by Gasteiger charge is -2.03.